The molecule has 0 aromatic heterocycles. The second-order valence-corrected chi connectivity index (χ2v) is 8.13. The number of rotatable bonds is 4. The van der Waals surface area contributed by atoms with E-state index < -0.39 is 15.8 Å². The highest BCUT2D eigenvalue weighted by Gasteiger charge is 2.31. The lowest BCUT2D eigenvalue weighted by molar-refractivity contribution is -0.127. The van der Waals surface area contributed by atoms with Gasteiger partial charge in [0.1, 0.15) is 10.7 Å². The zero-order valence-electron chi connectivity index (χ0n) is 15.0. The molecule has 0 saturated carbocycles. The third-order valence-electron chi connectivity index (χ3n) is 4.46. The molecule has 0 unspecified atom stereocenters. The summed E-state index contributed by atoms with van der Waals surface area (Å²) in [6, 6.07) is 14.1. The molecule has 2 aromatic carbocycles. The van der Waals surface area contributed by atoms with E-state index in [1.54, 1.807) is 35.2 Å². The van der Waals surface area contributed by atoms with Gasteiger partial charge in [0.2, 0.25) is 15.9 Å². The summed E-state index contributed by atoms with van der Waals surface area (Å²) in [4.78, 5) is 13.5. The number of hydrogen-bond acceptors (Lipinski definition) is 4. The molecule has 1 amide bonds. The van der Waals surface area contributed by atoms with E-state index in [0.717, 1.165) is 11.6 Å². The fraction of sp³-hybridized carbons (Fsp3) is 0.200. The van der Waals surface area contributed by atoms with Crippen molar-refractivity contribution in [2.45, 2.75) is 4.90 Å². The molecule has 0 aliphatic carbocycles. The number of carbonyl (C=O) groups excluding carboxylic acids is 1. The molecule has 1 aliphatic heterocycles. The van der Waals surface area contributed by atoms with Gasteiger partial charge in [-0.05, 0) is 35.9 Å². The average Bonchev–Trinajstić information content (AvgIpc) is 2.72. The molecular weight excluding hydrogens is 381 g/mol. The van der Waals surface area contributed by atoms with E-state index in [9.17, 15) is 17.6 Å². The van der Waals surface area contributed by atoms with E-state index in [0.29, 0.717) is 5.56 Å². The van der Waals surface area contributed by atoms with Crippen molar-refractivity contribution < 1.29 is 17.6 Å². The maximum Gasteiger partial charge on any atom is 0.246 e. The lowest BCUT2D eigenvalue weighted by atomic mass is 10.1. The van der Waals surface area contributed by atoms with Crippen molar-refractivity contribution in [1.29, 1.82) is 5.26 Å². The molecule has 8 heteroatoms. The largest absolute Gasteiger partial charge is 0.337 e. The van der Waals surface area contributed by atoms with Gasteiger partial charge in [-0.15, -0.1) is 0 Å². The smallest absolute Gasteiger partial charge is 0.246 e. The van der Waals surface area contributed by atoms with Crippen LogP contribution in [-0.4, -0.2) is 49.7 Å². The Morgan fingerprint density at radius 2 is 1.68 bits per heavy atom. The fourth-order valence-corrected chi connectivity index (χ4v) is 4.37. The van der Waals surface area contributed by atoms with E-state index in [1.165, 1.54) is 28.6 Å². The lowest BCUT2D eigenvalue weighted by Crippen LogP contribution is -2.50. The van der Waals surface area contributed by atoms with E-state index in [-0.39, 0.29) is 37.0 Å². The minimum absolute atomic E-state index is 0.104. The van der Waals surface area contributed by atoms with Crippen LogP contribution in [-0.2, 0) is 14.8 Å². The fourth-order valence-electron chi connectivity index (χ4n) is 2.88. The molecular formula is C20H18FN3O3S. The summed E-state index contributed by atoms with van der Waals surface area (Å²) in [7, 11) is -3.93. The van der Waals surface area contributed by atoms with Crippen molar-refractivity contribution in [2.24, 2.45) is 0 Å². The molecule has 2 aromatic rings. The molecule has 1 aliphatic rings. The van der Waals surface area contributed by atoms with Crippen molar-refractivity contribution in [3.8, 4) is 6.07 Å². The second-order valence-electron chi connectivity index (χ2n) is 6.23. The molecule has 0 atom stereocenters. The van der Waals surface area contributed by atoms with Gasteiger partial charge in [0.05, 0.1) is 11.6 Å². The topological polar surface area (TPSA) is 81.5 Å². The van der Waals surface area contributed by atoms with E-state index in [1.807, 2.05) is 6.07 Å². The number of amides is 1. The molecule has 1 saturated heterocycles. The normalized spacial score (nSPS) is 15.5. The lowest BCUT2D eigenvalue weighted by Gasteiger charge is -2.33. The van der Waals surface area contributed by atoms with Crippen molar-refractivity contribution in [1.82, 2.24) is 9.21 Å². The molecule has 1 heterocycles. The number of carbonyl (C=O) groups is 1. The van der Waals surface area contributed by atoms with Gasteiger partial charge in [-0.25, -0.2) is 12.8 Å². The molecule has 0 spiro atoms. The standard InChI is InChI=1S/C20H18FN3O3S/c21-18-3-1-2-4-19(18)28(26,27)24-13-11-23(12-14-24)20(25)10-9-16-5-7-17(15-22)8-6-16/h1-10H,11-14H2/b10-9+. The van der Waals surface area contributed by atoms with Crippen LogP contribution in [0.2, 0.25) is 0 Å². The molecule has 3 rings (SSSR count). The van der Waals surface area contributed by atoms with Gasteiger partial charge in [-0.2, -0.15) is 9.57 Å². The van der Waals surface area contributed by atoms with Crippen LogP contribution >= 0.6 is 0 Å². The van der Waals surface area contributed by atoms with Gasteiger partial charge in [-0.3, -0.25) is 4.79 Å². The van der Waals surface area contributed by atoms with Crippen molar-refractivity contribution in [2.75, 3.05) is 26.2 Å². The molecule has 0 bridgehead atoms. The summed E-state index contributed by atoms with van der Waals surface area (Å²) in [6.45, 7) is 0.661. The maximum atomic E-state index is 13.9. The first-order chi connectivity index (χ1) is 13.4. The van der Waals surface area contributed by atoms with Gasteiger partial charge < -0.3 is 4.90 Å². The van der Waals surface area contributed by atoms with Gasteiger partial charge >= 0.3 is 0 Å². The third-order valence-corrected chi connectivity index (χ3v) is 6.39. The van der Waals surface area contributed by atoms with E-state index >= 15 is 0 Å². The van der Waals surface area contributed by atoms with Crippen LogP contribution in [0.25, 0.3) is 6.08 Å². The summed E-state index contributed by atoms with van der Waals surface area (Å²) in [5.41, 5.74) is 1.32. The monoisotopic (exact) mass is 399 g/mol. The van der Waals surface area contributed by atoms with Crippen LogP contribution in [0.5, 0.6) is 0 Å². The Morgan fingerprint density at radius 1 is 1.04 bits per heavy atom. The van der Waals surface area contributed by atoms with Crippen molar-refractivity contribution in [3.63, 3.8) is 0 Å². The van der Waals surface area contributed by atoms with Gasteiger partial charge in [-0.1, -0.05) is 24.3 Å². The number of sulfonamides is 1. The van der Waals surface area contributed by atoms with Gasteiger partial charge in [0, 0.05) is 32.3 Å². The first kappa shape index (κ1) is 19.7. The number of piperazine rings is 1. The van der Waals surface area contributed by atoms with Crippen molar-refractivity contribution in [3.05, 3.63) is 71.6 Å². The maximum absolute atomic E-state index is 13.9. The predicted octanol–water partition coefficient (Wildman–Crippen LogP) is 2.24. The van der Waals surface area contributed by atoms with Crippen LogP contribution in [0.1, 0.15) is 11.1 Å². The number of halogens is 1. The van der Waals surface area contributed by atoms with E-state index in [2.05, 4.69) is 0 Å². The molecule has 6 nitrogen and oxygen atoms in total. The number of nitriles is 1. The van der Waals surface area contributed by atoms with Gasteiger partial charge in [0.15, 0.2) is 0 Å². The minimum Gasteiger partial charge on any atom is -0.337 e. The predicted molar refractivity (Wildman–Crippen MR) is 102 cm³/mol. The Labute approximate surface area is 163 Å². The summed E-state index contributed by atoms with van der Waals surface area (Å²) in [6.07, 6.45) is 3.06. The first-order valence-corrected chi connectivity index (χ1v) is 10.1. The molecule has 28 heavy (non-hydrogen) atoms. The average molecular weight is 399 g/mol. The Morgan fingerprint density at radius 3 is 2.29 bits per heavy atom. The third kappa shape index (κ3) is 4.27. The highest BCUT2D eigenvalue weighted by atomic mass is 32.2. The van der Waals surface area contributed by atoms with Crippen LogP contribution in [0.15, 0.2) is 59.5 Å². The minimum atomic E-state index is -3.93. The Balaban J connectivity index is 1.61. The van der Waals surface area contributed by atoms with Crippen LogP contribution < -0.4 is 0 Å². The van der Waals surface area contributed by atoms with E-state index in [4.69, 9.17) is 5.26 Å². The Hall–Kier alpha value is -3.02. The quantitative estimate of drug-likeness (QED) is 0.739. The van der Waals surface area contributed by atoms with Gasteiger partial charge in [0.25, 0.3) is 0 Å². The number of nitrogens with zero attached hydrogens (tertiary/aromatic N) is 3. The van der Waals surface area contributed by atoms with Crippen molar-refractivity contribution >= 4 is 22.0 Å². The molecule has 0 radical (unpaired) electrons. The summed E-state index contributed by atoms with van der Waals surface area (Å²) in [5, 5.41) is 8.79. The highest BCUT2D eigenvalue weighted by Crippen LogP contribution is 2.20. The number of benzene rings is 2. The Bertz CT molecular complexity index is 1040. The Kier molecular flexibility index (Phi) is 5.87. The second kappa shape index (κ2) is 8.33. The summed E-state index contributed by atoms with van der Waals surface area (Å²) >= 11 is 0. The summed E-state index contributed by atoms with van der Waals surface area (Å²) < 4.78 is 40.2. The highest BCUT2D eigenvalue weighted by molar-refractivity contribution is 7.89. The molecule has 144 valence electrons. The zero-order chi connectivity index (χ0) is 20.1. The zero-order valence-corrected chi connectivity index (χ0v) is 15.8. The summed E-state index contributed by atoms with van der Waals surface area (Å²) in [5.74, 6) is -1.02. The first-order valence-electron chi connectivity index (χ1n) is 8.63. The molecule has 0 N–H and O–H groups in total. The molecule has 1 fully saturated rings. The van der Waals surface area contributed by atoms with Crippen LogP contribution in [0.3, 0.4) is 0 Å². The van der Waals surface area contributed by atoms with Crippen LogP contribution in [0, 0.1) is 17.1 Å². The van der Waals surface area contributed by atoms with Crippen LogP contribution in [0.4, 0.5) is 4.39 Å². The SMILES string of the molecule is N#Cc1ccc(/C=C/C(=O)N2CCN(S(=O)(=O)c3ccccc3F)CC2)cc1. The number of hydrogen-bond donors (Lipinski definition) is 0.